The van der Waals surface area contributed by atoms with E-state index >= 15 is 0 Å². The maximum Gasteiger partial charge on any atom is 0.192 e. The normalized spacial score (nSPS) is 11.1. The zero-order valence-electron chi connectivity index (χ0n) is 8.81. The monoisotopic (exact) mass is 303 g/mol. The van der Waals surface area contributed by atoms with E-state index in [4.69, 9.17) is 4.74 Å². The zero-order chi connectivity index (χ0) is 12.6. The minimum Gasteiger partial charge on any atom is -0.378 e. The van der Waals surface area contributed by atoms with Gasteiger partial charge in [-0.3, -0.25) is 4.79 Å². The first-order valence-corrected chi connectivity index (χ1v) is 5.52. The van der Waals surface area contributed by atoms with Crippen molar-refractivity contribution in [3.05, 3.63) is 44.2 Å². The molecule has 0 unspecified atom stereocenters. The van der Waals surface area contributed by atoms with E-state index in [1.54, 1.807) is 0 Å². The number of aromatic nitrogens is 1. The first-order chi connectivity index (χ1) is 8.04. The van der Waals surface area contributed by atoms with Gasteiger partial charge >= 0.3 is 0 Å². The highest BCUT2D eigenvalue weighted by atomic mass is 79.9. The lowest BCUT2D eigenvalue weighted by molar-refractivity contribution is 0.181. The molecule has 1 N–H and O–H groups in total. The molecule has 0 aliphatic heterocycles. The Kier molecular flexibility index (Phi) is 3.26. The van der Waals surface area contributed by atoms with Crippen LogP contribution in [0, 0.1) is 11.6 Å². The van der Waals surface area contributed by atoms with Crippen LogP contribution in [0.15, 0.2) is 21.4 Å². The predicted molar refractivity (Wildman–Crippen MR) is 62.9 cm³/mol. The standard InChI is InChI=1S/C11H8BrF2NO2/c1-17-4-5-2-8(16)9-10(14)6(12)3-7(13)11(9)15-5/h2-3H,4H2,1H3,(H,15,16). The number of H-pyrrole nitrogens is 1. The molecule has 2 rings (SSSR count). The van der Waals surface area contributed by atoms with E-state index < -0.39 is 17.1 Å². The van der Waals surface area contributed by atoms with Crippen molar-refractivity contribution in [2.75, 3.05) is 7.11 Å². The molecule has 6 heteroatoms. The Morgan fingerprint density at radius 3 is 2.76 bits per heavy atom. The van der Waals surface area contributed by atoms with Crippen LogP contribution >= 0.6 is 15.9 Å². The molecular formula is C11H8BrF2NO2. The van der Waals surface area contributed by atoms with Crippen LogP contribution in [0.4, 0.5) is 8.78 Å². The quantitative estimate of drug-likeness (QED) is 0.867. The minimum atomic E-state index is -0.772. The molecule has 0 aliphatic rings. The fraction of sp³-hybridized carbons (Fsp3) is 0.182. The third-order valence-corrected chi connectivity index (χ3v) is 2.89. The van der Waals surface area contributed by atoms with E-state index in [1.165, 1.54) is 13.2 Å². The van der Waals surface area contributed by atoms with Gasteiger partial charge in [-0.05, 0) is 22.0 Å². The van der Waals surface area contributed by atoms with Gasteiger partial charge in [0.05, 0.1) is 22.0 Å². The summed E-state index contributed by atoms with van der Waals surface area (Å²) in [6.45, 7) is 0.127. The Balaban J connectivity index is 2.86. The summed E-state index contributed by atoms with van der Waals surface area (Å²) in [6.07, 6.45) is 0. The second kappa shape index (κ2) is 4.54. The summed E-state index contributed by atoms with van der Waals surface area (Å²) < 4.78 is 32.1. The van der Waals surface area contributed by atoms with Crippen molar-refractivity contribution >= 4 is 26.8 Å². The van der Waals surface area contributed by atoms with E-state index in [9.17, 15) is 13.6 Å². The van der Waals surface area contributed by atoms with Crippen LogP contribution in [0.3, 0.4) is 0 Å². The van der Waals surface area contributed by atoms with Gasteiger partial charge in [0.25, 0.3) is 0 Å². The summed E-state index contributed by atoms with van der Waals surface area (Å²) >= 11 is 2.86. The number of hydrogen-bond donors (Lipinski definition) is 1. The fourth-order valence-corrected chi connectivity index (χ4v) is 2.01. The van der Waals surface area contributed by atoms with Gasteiger partial charge in [0, 0.05) is 18.9 Å². The maximum absolute atomic E-state index is 13.7. The topological polar surface area (TPSA) is 42.1 Å². The maximum atomic E-state index is 13.7. The Hall–Kier alpha value is -1.27. The Bertz CT molecular complexity index is 639. The minimum absolute atomic E-state index is 0.0764. The Morgan fingerprint density at radius 2 is 2.12 bits per heavy atom. The van der Waals surface area contributed by atoms with Gasteiger partial charge in [-0.1, -0.05) is 0 Å². The number of ether oxygens (including phenoxy) is 1. The lowest BCUT2D eigenvalue weighted by Crippen LogP contribution is -2.09. The second-order valence-electron chi connectivity index (χ2n) is 3.50. The summed E-state index contributed by atoms with van der Waals surface area (Å²) in [6, 6.07) is 2.17. The SMILES string of the molecule is COCc1cc(=O)c2c(F)c(Br)cc(F)c2[nH]1. The van der Waals surface area contributed by atoms with E-state index in [2.05, 4.69) is 20.9 Å². The molecule has 1 aromatic heterocycles. The van der Waals surface area contributed by atoms with E-state index in [0.717, 1.165) is 6.07 Å². The van der Waals surface area contributed by atoms with Crippen LogP contribution < -0.4 is 5.43 Å². The van der Waals surface area contributed by atoms with Gasteiger partial charge in [-0.2, -0.15) is 0 Å². The fourth-order valence-electron chi connectivity index (χ4n) is 1.61. The van der Waals surface area contributed by atoms with Gasteiger partial charge in [0.15, 0.2) is 11.2 Å². The molecular weight excluding hydrogens is 296 g/mol. The van der Waals surface area contributed by atoms with Crippen LogP contribution in [-0.2, 0) is 11.3 Å². The highest BCUT2D eigenvalue weighted by Gasteiger charge is 2.14. The molecule has 1 aromatic carbocycles. The van der Waals surface area contributed by atoms with Crippen molar-refractivity contribution in [2.45, 2.75) is 6.61 Å². The molecule has 0 saturated heterocycles. The van der Waals surface area contributed by atoms with Gasteiger partial charge in [0.1, 0.15) is 5.82 Å². The third kappa shape index (κ3) is 2.10. The van der Waals surface area contributed by atoms with E-state index in [1.807, 2.05) is 0 Å². The highest BCUT2D eigenvalue weighted by molar-refractivity contribution is 9.10. The predicted octanol–water partition coefficient (Wildman–Crippen LogP) is 2.72. The van der Waals surface area contributed by atoms with Crippen LogP contribution in [0.1, 0.15) is 5.69 Å². The van der Waals surface area contributed by atoms with Crippen molar-refractivity contribution in [2.24, 2.45) is 0 Å². The van der Waals surface area contributed by atoms with E-state index in [-0.39, 0.29) is 22.0 Å². The second-order valence-corrected chi connectivity index (χ2v) is 4.35. The average molecular weight is 304 g/mol. The Labute approximate surface area is 104 Å². The third-order valence-electron chi connectivity index (χ3n) is 2.31. The summed E-state index contributed by atoms with van der Waals surface area (Å²) in [4.78, 5) is 14.3. The largest absolute Gasteiger partial charge is 0.378 e. The molecule has 0 bridgehead atoms. The number of halogens is 3. The number of hydrogen-bond acceptors (Lipinski definition) is 2. The summed E-state index contributed by atoms with van der Waals surface area (Å²) in [5.41, 5.74) is -0.334. The summed E-state index contributed by atoms with van der Waals surface area (Å²) in [5, 5.41) is -0.295. The molecule has 0 saturated carbocycles. The van der Waals surface area contributed by atoms with E-state index in [0.29, 0.717) is 5.69 Å². The van der Waals surface area contributed by atoms with Crippen LogP contribution in [-0.4, -0.2) is 12.1 Å². The molecule has 0 radical (unpaired) electrons. The lowest BCUT2D eigenvalue weighted by Gasteiger charge is -2.06. The van der Waals surface area contributed by atoms with Crippen molar-refractivity contribution < 1.29 is 13.5 Å². The number of benzene rings is 1. The number of nitrogens with one attached hydrogen (secondary N) is 1. The summed E-state index contributed by atoms with van der Waals surface area (Å²) in [7, 11) is 1.45. The average Bonchev–Trinajstić information content (AvgIpc) is 2.26. The number of fused-ring (bicyclic) bond motifs is 1. The number of rotatable bonds is 2. The van der Waals surface area contributed by atoms with Gasteiger partial charge in [-0.15, -0.1) is 0 Å². The zero-order valence-corrected chi connectivity index (χ0v) is 10.4. The number of aromatic amines is 1. The van der Waals surface area contributed by atoms with Gasteiger partial charge in [-0.25, -0.2) is 8.78 Å². The van der Waals surface area contributed by atoms with Gasteiger partial charge in [0.2, 0.25) is 0 Å². The van der Waals surface area contributed by atoms with Crippen molar-refractivity contribution in [1.82, 2.24) is 4.98 Å². The molecule has 0 amide bonds. The van der Waals surface area contributed by atoms with Crippen molar-refractivity contribution in [1.29, 1.82) is 0 Å². The van der Waals surface area contributed by atoms with Crippen LogP contribution in [0.2, 0.25) is 0 Å². The summed E-state index contributed by atoms with van der Waals surface area (Å²) in [5.74, 6) is -1.46. The van der Waals surface area contributed by atoms with Gasteiger partial charge < -0.3 is 9.72 Å². The first-order valence-electron chi connectivity index (χ1n) is 4.73. The molecule has 0 spiro atoms. The van der Waals surface area contributed by atoms with Crippen molar-refractivity contribution in [3.63, 3.8) is 0 Å². The molecule has 17 heavy (non-hydrogen) atoms. The number of pyridine rings is 1. The highest BCUT2D eigenvalue weighted by Crippen LogP contribution is 2.24. The lowest BCUT2D eigenvalue weighted by atomic mass is 10.1. The Morgan fingerprint density at radius 1 is 1.41 bits per heavy atom. The molecule has 0 fully saturated rings. The van der Waals surface area contributed by atoms with Crippen molar-refractivity contribution in [3.8, 4) is 0 Å². The van der Waals surface area contributed by atoms with Crippen LogP contribution in [0.5, 0.6) is 0 Å². The molecule has 0 aliphatic carbocycles. The smallest absolute Gasteiger partial charge is 0.192 e. The number of methoxy groups -OCH3 is 1. The molecule has 3 nitrogen and oxygen atoms in total. The first kappa shape index (κ1) is 12.2. The molecule has 2 aromatic rings. The van der Waals surface area contributed by atoms with Crippen LogP contribution in [0.25, 0.3) is 10.9 Å². The molecule has 90 valence electrons. The molecule has 1 heterocycles. The molecule has 0 atom stereocenters.